The number of hydrogen-bond donors (Lipinski definition) is 1. The molecule has 1 aliphatic carbocycles. The number of carbonyl (C=O) groups excluding carboxylic acids is 1. The van der Waals surface area contributed by atoms with Crippen LogP contribution in [-0.4, -0.2) is 45.3 Å². The smallest absolute Gasteiger partial charge is 0.411 e. The molecular formula is C21H21NO4S. The SMILES string of the molecule is CC1(C)SCN(C(=O)OCC2c3ccccc3-c3ccccc32)[C@H]1C(=O)O. The number of aliphatic carboxylic acids is 1. The molecule has 4 rings (SSSR count). The summed E-state index contributed by atoms with van der Waals surface area (Å²) in [5.74, 6) is -0.716. The van der Waals surface area contributed by atoms with Gasteiger partial charge in [-0.05, 0) is 36.1 Å². The summed E-state index contributed by atoms with van der Waals surface area (Å²) >= 11 is 1.45. The summed E-state index contributed by atoms with van der Waals surface area (Å²) in [5.41, 5.74) is 4.60. The third-order valence-corrected chi connectivity index (χ3v) is 6.72. The molecule has 0 aromatic heterocycles. The van der Waals surface area contributed by atoms with E-state index < -0.39 is 22.9 Å². The molecular weight excluding hydrogens is 362 g/mol. The molecule has 1 saturated heterocycles. The van der Waals surface area contributed by atoms with Gasteiger partial charge in [-0.2, -0.15) is 0 Å². The quantitative estimate of drug-likeness (QED) is 0.861. The molecule has 0 bridgehead atoms. The second kappa shape index (κ2) is 6.60. The highest BCUT2D eigenvalue weighted by Gasteiger charge is 2.49. The van der Waals surface area contributed by atoms with Crippen molar-refractivity contribution in [3.8, 4) is 11.1 Å². The number of rotatable bonds is 3. The van der Waals surface area contributed by atoms with Crippen LogP contribution in [0.5, 0.6) is 0 Å². The van der Waals surface area contributed by atoms with Gasteiger partial charge in [-0.25, -0.2) is 9.59 Å². The van der Waals surface area contributed by atoms with Crippen molar-refractivity contribution in [1.29, 1.82) is 0 Å². The van der Waals surface area contributed by atoms with Gasteiger partial charge in [0.15, 0.2) is 0 Å². The minimum atomic E-state index is -1.00. The minimum absolute atomic E-state index is 0.0344. The predicted molar refractivity (Wildman–Crippen MR) is 105 cm³/mol. The number of carbonyl (C=O) groups is 2. The first kappa shape index (κ1) is 17.9. The van der Waals surface area contributed by atoms with E-state index in [0.29, 0.717) is 5.88 Å². The van der Waals surface area contributed by atoms with E-state index in [4.69, 9.17) is 4.74 Å². The van der Waals surface area contributed by atoms with Crippen molar-refractivity contribution in [1.82, 2.24) is 4.90 Å². The van der Waals surface area contributed by atoms with E-state index >= 15 is 0 Å². The van der Waals surface area contributed by atoms with Gasteiger partial charge in [0.1, 0.15) is 12.6 Å². The zero-order chi connectivity index (χ0) is 19.2. The van der Waals surface area contributed by atoms with E-state index in [0.717, 1.165) is 22.3 Å². The lowest BCUT2D eigenvalue weighted by Crippen LogP contribution is -2.49. The Morgan fingerprint density at radius 3 is 2.22 bits per heavy atom. The first-order chi connectivity index (χ1) is 12.9. The van der Waals surface area contributed by atoms with E-state index in [1.54, 1.807) is 0 Å². The largest absolute Gasteiger partial charge is 0.480 e. The summed E-state index contributed by atoms with van der Waals surface area (Å²) < 4.78 is 5.06. The van der Waals surface area contributed by atoms with Gasteiger partial charge in [-0.1, -0.05) is 48.5 Å². The molecule has 1 heterocycles. The summed E-state index contributed by atoms with van der Waals surface area (Å²) in [6.45, 7) is 3.88. The first-order valence-electron chi connectivity index (χ1n) is 8.88. The van der Waals surface area contributed by atoms with Gasteiger partial charge in [0.2, 0.25) is 0 Å². The van der Waals surface area contributed by atoms with Gasteiger partial charge in [-0.3, -0.25) is 4.90 Å². The Balaban J connectivity index is 1.54. The summed E-state index contributed by atoms with van der Waals surface area (Å²) in [6.07, 6.45) is -0.567. The normalized spacial score (nSPS) is 20.2. The second-order valence-electron chi connectivity index (χ2n) is 7.39. The maximum absolute atomic E-state index is 12.7. The van der Waals surface area contributed by atoms with Gasteiger partial charge in [0.25, 0.3) is 0 Å². The zero-order valence-corrected chi connectivity index (χ0v) is 16.0. The van der Waals surface area contributed by atoms with Gasteiger partial charge in [-0.15, -0.1) is 11.8 Å². The number of fused-ring (bicyclic) bond motifs is 3. The van der Waals surface area contributed by atoms with Crippen LogP contribution in [0, 0.1) is 0 Å². The predicted octanol–water partition coefficient (Wildman–Crippen LogP) is 4.17. The summed E-state index contributed by atoms with van der Waals surface area (Å²) in [6, 6.07) is 15.4. The molecule has 1 amide bonds. The Hall–Kier alpha value is -2.47. The minimum Gasteiger partial charge on any atom is -0.480 e. The summed E-state index contributed by atoms with van der Waals surface area (Å²) in [5, 5.41) is 9.55. The number of carboxylic acid groups (broad SMARTS) is 1. The van der Waals surface area contributed by atoms with Crippen molar-refractivity contribution in [2.45, 2.75) is 30.6 Å². The van der Waals surface area contributed by atoms with Crippen molar-refractivity contribution < 1.29 is 19.4 Å². The fourth-order valence-electron chi connectivity index (χ4n) is 4.03. The molecule has 27 heavy (non-hydrogen) atoms. The molecule has 0 unspecified atom stereocenters. The van der Waals surface area contributed by atoms with Crippen LogP contribution in [0.4, 0.5) is 4.79 Å². The molecule has 1 N–H and O–H groups in total. The van der Waals surface area contributed by atoms with Gasteiger partial charge in [0.05, 0.1) is 5.88 Å². The summed E-state index contributed by atoms with van der Waals surface area (Å²) in [7, 11) is 0. The molecule has 0 radical (unpaired) electrons. The van der Waals surface area contributed by atoms with Crippen molar-refractivity contribution in [2.75, 3.05) is 12.5 Å². The molecule has 0 saturated carbocycles. The molecule has 140 valence electrons. The molecule has 5 nitrogen and oxygen atoms in total. The van der Waals surface area contributed by atoms with Crippen LogP contribution in [-0.2, 0) is 9.53 Å². The van der Waals surface area contributed by atoms with Gasteiger partial charge in [0, 0.05) is 10.7 Å². The van der Waals surface area contributed by atoms with Crippen LogP contribution >= 0.6 is 11.8 Å². The highest BCUT2D eigenvalue weighted by Crippen LogP contribution is 2.45. The van der Waals surface area contributed by atoms with Crippen molar-refractivity contribution in [3.63, 3.8) is 0 Å². The van der Waals surface area contributed by atoms with Crippen LogP contribution in [0.1, 0.15) is 30.9 Å². The Bertz CT molecular complexity index is 865. The lowest BCUT2D eigenvalue weighted by molar-refractivity contribution is -0.142. The van der Waals surface area contributed by atoms with E-state index in [1.807, 2.05) is 38.1 Å². The molecule has 2 aromatic carbocycles. The maximum atomic E-state index is 12.7. The van der Waals surface area contributed by atoms with Crippen LogP contribution < -0.4 is 0 Å². The third kappa shape index (κ3) is 2.98. The Kier molecular flexibility index (Phi) is 4.38. The average molecular weight is 383 g/mol. The molecule has 1 aliphatic heterocycles. The van der Waals surface area contributed by atoms with Crippen molar-refractivity contribution in [3.05, 3.63) is 59.7 Å². The number of benzene rings is 2. The third-order valence-electron chi connectivity index (χ3n) is 5.35. The van der Waals surface area contributed by atoms with E-state index in [-0.39, 0.29) is 12.5 Å². The molecule has 1 atom stereocenters. The number of amides is 1. The van der Waals surface area contributed by atoms with Crippen LogP contribution in [0.25, 0.3) is 11.1 Å². The van der Waals surface area contributed by atoms with Crippen molar-refractivity contribution in [2.24, 2.45) is 0 Å². The van der Waals surface area contributed by atoms with E-state index in [2.05, 4.69) is 24.3 Å². The topological polar surface area (TPSA) is 66.8 Å². The number of thioether (sulfide) groups is 1. The Morgan fingerprint density at radius 2 is 1.67 bits per heavy atom. The Morgan fingerprint density at radius 1 is 1.11 bits per heavy atom. The highest BCUT2D eigenvalue weighted by atomic mass is 32.2. The highest BCUT2D eigenvalue weighted by molar-refractivity contribution is 8.00. The van der Waals surface area contributed by atoms with Crippen LogP contribution in [0.2, 0.25) is 0 Å². The van der Waals surface area contributed by atoms with Crippen LogP contribution in [0.15, 0.2) is 48.5 Å². The maximum Gasteiger partial charge on any atom is 0.411 e. The standard InChI is InChI=1S/C21H21NO4S/c1-21(2)18(19(23)24)22(12-27-21)20(25)26-11-17-15-9-5-3-7-13(15)14-8-4-6-10-16(14)17/h3-10,17-18H,11-12H2,1-2H3,(H,23,24)/t18-/m0/s1. The monoisotopic (exact) mass is 383 g/mol. The lowest BCUT2D eigenvalue weighted by atomic mass is 9.98. The molecule has 6 heteroatoms. The fraction of sp³-hybridized carbons (Fsp3) is 0.333. The van der Waals surface area contributed by atoms with Crippen LogP contribution in [0.3, 0.4) is 0 Å². The number of nitrogens with zero attached hydrogens (tertiary/aromatic N) is 1. The molecule has 0 spiro atoms. The molecule has 2 aromatic rings. The second-order valence-corrected chi connectivity index (χ2v) is 8.99. The number of carboxylic acids is 1. The van der Waals surface area contributed by atoms with Crippen molar-refractivity contribution >= 4 is 23.8 Å². The Labute approximate surface area is 162 Å². The van der Waals surface area contributed by atoms with E-state index in [9.17, 15) is 14.7 Å². The molecule has 2 aliphatic rings. The van der Waals surface area contributed by atoms with E-state index in [1.165, 1.54) is 16.7 Å². The van der Waals surface area contributed by atoms with Gasteiger partial charge >= 0.3 is 12.1 Å². The first-order valence-corrected chi connectivity index (χ1v) is 9.87. The van der Waals surface area contributed by atoms with Gasteiger partial charge < -0.3 is 9.84 Å². The lowest BCUT2D eigenvalue weighted by Gasteiger charge is -2.27. The number of hydrogen-bond acceptors (Lipinski definition) is 4. The summed E-state index contributed by atoms with van der Waals surface area (Å²) in [4.78, 5) is 25.6. The number of ether oxygens (including phenoxy) is 1. The zero-order valence-electron chi connectivity index (χ0n) is 15.2. The fourth-order valence-corrected chi connectivity index (χ4v) is 5.14. The molecule has 1 fully saturated rings. The average Bonchev–Trinajstić information content (AvgIpc) is 3.14.